The average Bonchev–Trinajstić information content (AvgIpc) is 2.73. The Morgan fingerprint density at radius 1 is 1.04 bits per heavy atom. The van der Waals surface area contributed by atoms with Gasteiger partial charge >= 0.3 is 12.1 Å². The Hall–Kier alpha value is -1.60. The predicted octanol–water partition coefficient (Wildman–Crippen LogP) is 1.78. The van der Waals surface area contributed by atoms with E-state index in [1.807, 2.05) is 24.3 Å². The van der Waals surface area contributed by atoms with Gasteiger partial charge in [0, 0.05) is 32.7 Å². The second-order valence-corrected chi connectivity index (χ2v) is 5.77. The molecule has 1 aliphatic rings. The van der Waals surface area contributed by atoms with Gasteiger partial charge in [-0.25, -0.2) is 0 Å². The molecule has 1 amide bonds. The maximum Gasteiger partial charge on any atom is 0.471 e. The molecule has 23 heavy (non-hydrogen) atoms. The number of rotatable bonds is 4. The summed E-state index contributed by atoms with van der Waals surface area (Å²) in [5.74, 6) is -1.73. The smallest absolute Gasteiger partial charge is 0.334 e. The Bertz CT molecular complexity index is 516. The Morgan fingerprint density at radius 2 is 1.70 bits per heavy atom. The third-order valence-electron chi connectivity index (χ3n) is 3.98. The van der Waals surface area contributed by atoms with Crippen LogP contribution in [0.15, 0.2) is 24.3 Å². The monoisotopic (exact) mass is 329 g/mol. The molecule has 2 rings (SSSR count). The fourth-order valence-corrected chi connectivity index (χ4v) is 2.75. The van der Waals surface area contributed by atoms with Gasteiger partial charge in [-0.15, -0.1) is 0 Å². The van der Waals surface area contributed by atoms with Crippen molar-refractivity contribution in [3.8, 4) is 0 Å². The molecule has 0 unspecified atom stereocenters. The van der Waals surface area contributed by atoms with E-state index in [0.29, 0.717) is 32.6 Å². The van der Waals surface area contributed by atoms with E-state index in [-0.39, 0.29) is 13.1 Å². The van der Waals surface area contributed by atoms with Crippen LogP contribution in [0.25, 0.3) is 0 Å². The number of hydrogen-bond acceptors (Lipinski definition) is 3. The van der Waals surface area contributed by atoms with Gasteiger partial charge in [-0.1, -0.05) is 24.3 Å². The normalized spacial score (nSPS) is 17.1. The third kappa shape index (κ3) is 5.21. The number of nitrogens with two attached hydrogens (primary N) is 1. The zero-order valence-corrected chi connectivity index (χ0v) is 13.0. The second-order valence-electron chi connectivity index (χ2n) is 5.77. The first-order valence-electron chi connectivity index (χ1n) is 7.76. The molecule has 0 aliphatic carbocycles. The molecular weight excluding hydrogens is 307 g/mol. The van der Waals surface area contributed by atoms with E-state index in [4.69, 9.17) is 5.73 Å². The van der Waals surface area contributed by atoms with Gasteiger partial charge < -0.3 is 10.6 Å². The molecule has 1 aromatic rings. The fourth-order valence-electron chi connectivity index (χ4n) is 2.75. The van der Waals surface area contributed by atoms with Crippen molar-refractivity contribution in [1.82, 2.24) is 9.80 Å². The lowest BCUT2D eigenvalue weighted by molar-refractivity contribution is -0.185. The first-order chi connectivity index (χ1) is 10.9. The standard InChI is InChI=1S/C16H22F3N3O/c17-16(18,19)15(23)22-9-1-8-21(10-11-22)12-14-4-2-13(3-5-14)6-7-20/h2-5H,1,6-12,20H2. The van der Waals surface area contributed by atoms with Gasteiger partial charge in [-0.05, 0) is 30.5 Å². The number of alkyl halides is 3. The highest BCUT2D eigenvalue weighted by Gasteiger charge is 2.42. The average molecular weight is 329 g/mol. The summed E-state index contributed by atoms with van der Waals surface area (Å²) in [5.41, 5.74) is 7.80. The van der Waals surface area contributed by atoms with Crippen molar-refractivity contribution in [2.75, 3.05) is 32.7 Å². The molecule has 7 heteroatoms. The van der Waals surface area contributed by atoms with Crippen molar-refractivity contribution >= 4 is 5.91 Å². The van der Waals surface area contributed by atoms with E-state index in [0.717, 1.165) is 16.9 Å². The van der Waals surface area contributed by atoms with Crippen LogP contribution in [0.4, 0.5) is 13.2 Å². The van der Waals surface area contributed by atoms with Crippen molar-refractivity contribution in [3.05, 3.63) is 35.4 Å². The van der Waals surface area contributed by atoms with Crippen molar-refractivity contribution in [1.29, 1.82) is 0 Å². The highest BCUT2D eigenvalue weighted by molar-refractivity contribution is 5.81. The lowest BCUT2D eigenvalue weighted by Gasteiger charge is -2.22. The van der Waals surface area contributed by atoms with Crippen LogP contribution < -0.4 is 5.73 Å². The molecule has 0 aromatic heterocycles. The van der Waals surface area contributed by atoms with Crippen LogP contribution in [0.3, 0.4) is 0 Å². The minimum absolute atomic E-state index is 0.115. The van der Waals surface area contributed by atoms with Gasteiger partial charge in [0.25, 0.3) is 0 Å². The van der Waals surface area contributed by atoms with Gasteiger partial charge in [0.15, 0.2) is 0 Å². The predicted molar refractivity (Wildman–Crippen MR) is 81.7 cm³/mol. The van der Waals surface area contributed by atoms with Crippen LogP contribution in [0.5, 0.6) is 0 Å². The lowest BCUT2D eigenvalue weighted by Crippen LogP contribution is -2.43. The molecule has 4 nitrogen and oxygen atoms in total. The molecule has 0 radical (unpaired) electrons. The number of amides is 1. The molecule has 1 aliphatic heterocycles. The van der Waals surface area contributed by atoms with Crippen LogP contribution in [-0.4, -0.2) is 54.6 Å². The van der Waals surface area contributed by atoms with Gasteiger partial charge in [0.05, 0.1) is 0 Å². The molecule has 0 saturated carbocycles. The summed E-state index contributed by atoms with van der Waals surface area (Å²) in [6.07, 6.45) is -3.40. The number of nitrogens with zero attached hydrogens (tertiary/aromatic N) is 2. The summed E-state index contributed by atoms with van der Waals surface area (Å²) in [6.45, 7) is 2.69. The lowest BCUT2D eigenvalue weighted by atomic mass is 10.1. The minimum Gasteiger partial charge on any atom is -0.334 e. The molecule has 1 fully saturated rings. The van der Waals surface area contributed by atoms with Crippen molar-refractivity contribution in [3.63, 3.8) is 0 Å². The van der Waals surface area contributed by atoms with E-state index in [2.05, 4.69) is 4.90 Å². The number of carbonyl (C=O) groups is 1. The molecule has 1 heterocycles. The Morgan fingerprint density at radius 3 is 2.30 bits per heavy atom. The molecule has 0 bridgehead atoms. The summed E-state index contributed by atoms with van der Waals surface area (Å²) < 4.78 is 37.5. The first-order valence-corrected chi connectivity index (χ1v) is 7.76. The molecule has 128 valence electrons. The Kier molecular flexibility index (Phi) is 6.01. The van der Waals surface area contributed by atoms with Crippen molar-refractivity contribution in [2.45, 2.75) is 25.6 Å². The van der Waals surface area contributed by atoms with Crippen LogP contribution in [0, 0.1) is 0 Å². The van der Waals surface area contributed by atoms with E-state index >= 15 is 0 Å². The van der Waals surface area contributed by atoms with Crippen LogP contribution in [-0.2, 0) is 17.8 Å². The molecule has 0 atom stereocenters. The van der Waals surface area contributed by atoms with Crippen molar-refractivity contribution < 1.29 is 18.0 Å². The summed E-state index contributed by atoms with van der Waals surface area (Å²) >= 11 is 0. The number of benzene rings is 1. The zero-order chi connectivity index (χ0) is 16.9. The van der Waals surface area contributed by atoms with Crippen LogP contribution >= 0.6 is 0 Å². The van der Waals surface area contributed by atoms with E-state index < -0.39 is 12.1 Å². The summed E-state index contributed by atoms with van der Waals surface area (Å²) in [5, 5.41) is 0. The molecule has 0 spiro atoms. The van der Waals surface area contributed by atoms with Crippen LogP contribution in [0.1, 0.15) is 17.5 Å². The van der Waals surface area contributed by atoms with Gasteiger partial charge in [-0.3, -0.25) is 9.69 Å². The number of carbonyl (C=O) groups excluding carboxylic acids is 1. The minimum atomic E-state index is -4.78. The van der Waals surface area contributed by atoms with E-state index in [1.165, 1.54) is 5.56 Å². The first kappa shape index (κ1) is 17.7. The summed E-state index contributed by atoms with van der Waals surface area (Å²) in [4.78, 5) is 14.3. The van der Waals surface area contributed by atoms with Gasteiger partial charge in [-0.2, -0.15) is 13.2 Å². The number of hydrogen-bond donors (Lipinski definition) is 1. The maximum atomic E-state index is 12.5. The third-order valence-corrected chi connectivity index (χ3v) is 3.98. The zero-order valence-electron chi connectivity index (χ0n) is 13.0. The molecular formula is C16H22F3N3O. The van der Waals surface area contributed by atoms with Gasteiger partial charge in [0.2, 0.25) is 0 Å². The Balaban J connectivity index is 1.89. The quantitative estimate of drug-likeness (QED) is 0.916. The highest BCUT2D eigenvalue weighted by Crippen LogP contribution is 2.20. The largest absolute Gasteiger partial charge is 0.471 e. The summed E-state index contributed by atoms with van der Waals surface area (Å²) in [7, 11) is 0. The van der Waals surface area contributed by atoms with Crippen molar-refractivity contribution in [2.24, 2.45) is 5.73 Å². The highest BCUT2D eigenvalue weighted by atomic mass is 19.4. The molecule has 2 N–H and O–H groups in total. The van der Waals surface area contributed by atoms with E-state index in [9.17, 15) is 18.0 Å². The SMILES string of the molecule is NCCc1ccc(CN2CCCN(C(=O)C(F)(F)F)CC2)cc1. The van der Waals surface area contributed by atoms with Gasteiger partial charge in [0.1, 0.15) is 0 Å². The number of halogens is 3. The fraction of sp³-hybridized carbons (Fsp3) is 0.562. The molecule has 1 aromatic carbocycles. The second kappa shape index (κ2) is 7.79. The Labute approximate surface area is 134 Å². The van der Waals surface area contributed by atoms with Crippen LogP contribution in [0.2, 0.25) is 0 Å². The topological polar surface area (TPSA) is 49.6 Å². The van der Waals surface area contributed by atoms with E-state index in [1.54, 1.807) is 0 Å². The molecule has 1 saturated heterocycles. The maximum absolute atomic E-state index is 12.5. The summed E-state index contributed by atoms with van der Waals surface area (Å²) in [6, 6.07) is 8.10.